The first-order chi connectivity index (χ1) is 7.38. The van der Waals surface area contributed by atoms with E-state index >= 15 is 0 Å². The molecule has 0 aromatic carbocycles. The molecule has 2 N–H and O–H groups in total. The van der Waals surface area contributed by atoms with Crippen molar-refractivity contribution < 1.29 is 5.11 Å². The summed E-state index contributed by atoms with van der Waals surface area (Å²) in [7, 11) is 0. The Morgan fingerprint density at radius 2 is 2.40 bits per heavy atom. The van der Waals surface area contributed by atoms with Crippen LogP contribution in [0.15, 0.2) is 30.6 Å². The number of imidazole rings is 1. The van der Waals surface area contributed by atoms with Gasteiger partial charge in [-0.25, -0.2) is 4.98 Å². The van der Waals surface area contributed by atoms with Crippen molar-refractivity contribution in [2.45, 2.75) is 6.42 Å². The SMILES string of the molecule is OCC=Cc1ccc(Cc2ncc[nH]2)s1. The molecule has 0 atom stereocenters. The average Bonchev–Trinajstić information content (AvgIpc) is 2.87. The molecule has 4 heteroatoms. The van der Waals surface area contributed by atoms with Crippen LogP contribution in [0.3, 0.4) is 0 Å². The topological polar surface area (TPSA) is 48.9 Å². The minimum atomic E-state index is 0.0887. The number of hydrogen-bond donors (Lipinski definition) is 2. The van der Waals surface area contributed by atoms with E-state index in [1.807, 2.05) is 12.3 Å². The normalized spacial score (nSPS) is 11.3. The lowest BCUT2D eigenvalue weighted by Gasteiger charge is -1.91. The molecule has 0 aliphatic rings. The van der Waals surface area contributed by atoms with Gasteiger partial charge < -0.3 is 10.1 Å². The molecule has 78 valence electrons. The Labute approximate surface area is 92.1 Å². The average molecular weight is 220 g/mol. The van der Waals surface area contributed by atoms with Crippen molar-refractivity contribution in [2.24, 2.45) is 0 Å². The Balaban J connectivity index is 2.04. The van der Waals surface area contributed by atoms with E-state index in [-0.39, 0.29) is 6.61 Å². The van der Waals surface area contributed by atoms with E-state index in [1.165, 1.54) is 4.88 Å². The molecule has 15 heavy (non-hydrogen) atoms. The number of nitrogens with one attached hydrogen (secondary N) is 1. The zero-order chi connectivity index (χ0) is 10.5. The predicted molar refractivity (Wildman–Crippen MR) is 61.8 cm³/mol. The Kier molecular flexibility index (Phi) is 3.32. The van der Waals surface area contributed by atoms with Crippen molar-refractivity contribution in [3.63, 3.8) is 0 Å². The maximum Gasteiger partial charge on any atom is 0.111 e. The number of aromatic nitrogens is 2. The minimum Gasteiger partial charge on any atom is -0.392 e. The molecule has 2 rings (SSSR count). The number of hydrogen-bond acceptors (Lipinski definition) is 3. The fraction of sp³-hybridized carbons (Fsp3) is 0.182. The van der Waals surface area contributed by atoms with Gasteiger partial charge >= 0.3 is 0 Å². The third-order valence-electron chi connectivity index (χ3n) is 1.97. The van der Waals surface area contributed by atoms with Gasteiger partial charge in [-0.3, -0.25) is 0 Å². The zero-order valence-corrected chi connectivity index (χ0v) is 9.00. The number of thiophene rings is 1. The van der Waals surface area contributed by atoms with E-state index in [9.17, 15) is 0 Å². The van der Waals surface area contributed by atoms with Crippen molar-refractivity contribution in [2.75, 3.05) is 6.61 Å². The molecule has 0 spiro atoms. The van der Waals surface area contributed by atoms with Gasteiger partial charge in [0.1, 0.15) is 5.82 Å². The quantitative estimate of drug-likeness (QED) is 0.828. The Bertz CT molecular complexity index is 431. The van der Waals surface area contributed by atoms with Crippen molar-refractivity contribution in [1.82, 2.24) is 9.97 Å². The molecule has 0 amide bonds. The molecular formula is C11H12N2OS. The maximum absolute atomic E-state index is 8.64. The van der Waals surface area contributed by atoms with E-state index in [0.29, 0.717) is 0 Å². The first kappa shape index (κ1) is 10.1. The maximum atomic E-state index is 8.64. The molecule has 0 radical (unpaired) electrons. The molecule has 0 aliphatic carbocycles. The number of aliphatic hydroxyl groups is 1. The summed E-state index contributed by atoms with van der Waals surface area (Å²) < 4.78 is 0. The van der Waals surface area contributed by atoms with E-state index in [2.05, 4.69) is 22.1 Å². The van der Waals surface area contributed by atoms with Gasteiger partial charge in [-0.05, 0) is 18.2 Å². The number of aliphatic hydroxyl groups excluding tert-OH is 1. The second kappa shape index (κ2) is 4.91. The lowest BCUT2D eigenvalue weighted by atomic mass is 10.3. The van der Waals surface area contributed by atoms with Gasteiger partial charge in [0, 0.05) is 28.6 Å². The zero-order valence-electron chi connectivity index (χ0n) is 8.18. The summed E-state index contributed by atoms with van der Waals surface area (Å²) >= 11 is 1.71. The van der Waals surface area contributed by atoms with Crippen molar-refractivity contribution in [3.05, 3.63) is 46.2 Å². The molecule has 3 nitrogen and oxygen atoms in total. The first-order valence-electron chi connectivity index (χ1n) is 4.73. The third-order valence-corrected chi connectivity index (χ3v) is 3.02. The molecule has 2 heterocycles. The summed E-state index contributed by atoms with van der Waals surface area (Å²) in [6.07, 6.45) is 8.09. The molecule has 0 aliphatic heterocycles. The Hall–Kier alpha value is -1.39. The van der Waals surface area contributed by atoms with Gasteiger partial charge in [-0.1, -0.05) is 6.08 Å². The first-order valence-corrected chi connectivity index (χ1v) is 5.54. The molecule has 0 saturated carbocycles. The van der Waals surface area contributed by atoms with Crippen LogP contribution in [-0.2, 0) is 6.42 Å². The van der Waals surface area contributed by atoms with Crippen LogP contribution in [0.2, 0.25) is 0 Å². The van der Waals surface area contributed by atoms with Gasteiger partial charge in [0.15, 0.2) is 0 Å². The third kappa shape index (κ3) is 2.78. The van der Waals surface area contributed by atoms with Gasteiger partial charge in [0.05, 0.1) is 6.61 Å². The second-order valence-corrected chi connectivity index (χ2v) is 4.30. The van der Waals surface area contributed by atoms with Gasteiger partial charge in [0.25, 0.3) is 0 Å². The van der Waals surface area contributed by atoms with Crippen molar-refractivity contribution >= 4 is 17.4 Å². The van der Waals surface area contributed by atoms with Crippen LogP contribution in [0.1, 0.15) is 15.6 Å². The van der Waals surface area contributed by atoms with E-state index in [1.54, 1.807) is 23.6 Å². The fourth-order valence-corrected chi connectivity index (χ4v) is 2.26. The van der Waals surface area contributed by atoms with Gasteiger partial charge in [0.2, 0.25) is 0 Å². The lowest BCUT2D eigenvalue weighted by molar-refractivity contribution is 0.343. The Morgan fingerprint density at radius 1 is 1.47 bits per heavy atom. The smallest absolute Gasteiger partial charge is 0.111 e. The summed E-state index contributed by atoms with van der Waals surface area (Å²) in [5.74, 6) is 0.981. The van der Waals surface area contributed by atoms with Crippen LogP contribution < -0.4 is 0 Å². The Morgan fingerprint density at radius 3 is 3.13 bits per heavy atom. The number of H-pyrrole nitrogens is 1. The second-order valence-electron chi connectivity index (χ2n) is 3.10. The van der Waals surface area contributed by atoms with E-state index in [4.69, 9.17) is 5.11 Å². The largest absolute Gasteiger partial charge is 0.392 e. The summed E-state index contributed by atoms with van der Waals surface area (Å²) in [6, 6.07) is 4.14. The van der Waals surface area contributed by atoms with Crippen molar-refractivity contribution in [3.8, 4) is 0 Å². The summed E-state index contributed by atoms with van der Waals surface area (Å²) in [6.45, 7) is 0.0887. The molecular weight excluding hydrogens is 208 g/mol. The molecule has 0 unspecified atom stereocenters. The van der Waals surface area contributed by atoms with Crippen LogP contribution in [0, 0.1) is 0 Å². The highest BCUT2D eigenvalue weighted by Crippen LogP contribution is 2.19. The highest BCUT2D eigenvalue weighted by Gasteiger charge is 2.00. The number of rotatable bonds is 4. The number of aromatic amines is 1. The van der Waals surface area contributed by atoms with E-state index in [0.717, 1.165) is 17.1 Å². The van der Waals surface area contributed by atoms with Gasteiger partial charge in [-0.15, -0.1) is 11.3 Å². The fourth-order valence-electron chi connectivity index (χ4n) is 1.31. The van der Waals surface area contributed by atoms with Crippen LogP contribution in [-0.4, -0.2) is 21.7 Å². The van der Waals surface area contributed by atoms with Crippen LogP contribution in [0.25, 0.3) is 6.08 Å². The van der Waals surface area contributed by atoms with Gasteiger partial charge in [-0.2, -0.15) is 0 Å². The molecule has 2 aromatic heterocycles. The molecule has 0 bridgehead atoms. The van der Waals surface area contributed by atoms with E-state index < -0.39 is 0 Å². The van der Waals surface area contributed by atoms with Crippen LogP contribution in [0.4, 0.5) is 0 Å². The summed E-state index contributed by atoms with van der Waals surface area (Å²) in [4.78, 5) is 9.68. The molecule has 2 aromatic rings. The predicted octanol–water partition coefficient (Wildman–Crippen LogP) is 2.07. The number of nitrogens with zero attached hydrogens (tertiary/aromatic N) is 1. The highest BCUT2D eigenvalue weighted by molar-refractivity contribution is 7.12. The highest BCUT2D eigenvalue weighted by atomic mass is 32.1. The lowest BCUT2D eigenvalue weighted by Crippen LogP contribution is -1.85. The van der Waals surface area contributed by atoms with Crippen LogP contribution in [0.5, 0.6) is 0 Å². The van der Waals surface area contributed by atoms with Crippen LogP contribution >= 0.6 is 11.3 Å². The molecule has 0 fully saturated rings. The summed E-state index contributed by atoms with van der Waals surface area (Å²) in [5, 5.41) is 8.64. The summed E-state index contributed by atoms with van der Waals surface area (Å²) in [5.41, 5.74) is 0. The minimum absolute atomic E-state index is 0.0887. The molecule has 0 saturated heterocycles. The monoisotopic (exact) mass is 220 g/mol. The van der Waals surface area contributed by atoms with Crippen molar-refractivity contribution in [1.29, 1.82) is 0 Å². The standard InChI is InChI=1S/C11H12N2OS/c14-7-1-2-9-3-4-10(15-9)8-11-12-5-6-13-11/h1-6,14H,7-8H2,(H,12,13).